The van der Waals surface area contributed by atoms with Gasteiger partial charge in [0.2, 0.25) is 0 Å². The molecule has 1 heterocycles. The number of nitrogens with one attached hydrogen (secondary N) is 1. The Labute approximate surface area is 122 Å². The monoisotopic (exact) mass is 319 g/mol. The number of halogens is 1. The summed E-state index contributed by atoms with van der Waals surface area (Å²) in [5.41, 5.74) is 4.45. The summed E-state index contributed by atoms with van der Waals surface area (Å²) >= 11 is 3.59. The highest BCUT2D eigenvalue weighted by molar-refractivity contribution is 9.10. The minimum Gasteiger partial charge on any atom is -0.373 e. The summed E-state index contributed by atoms with van der Waals surface area (Å²) in [6.45, 7) is 6.24. The van der Waals surface area contributed by atoms with Gasteiger partial charge in [0.1, 0.15) is 5.82 Å². The average Bonchev–Trinajstić information content (AvgIpc) is 2.39. The lowest BCUT2D eigenvalue weighted by Gasteiger charge is -2.12. The van der Waals surface area contributed by atoms with Crippen LogP contribution in [0.2, 0.25) is 0 Å². The van der Waals surface area contributed by atoms with Crippen molar-refractivity contribution in [3.05, 3.63) is 39.5 Å². The number of hydrogen-bond acceptors (Lipinski definition) is 3. The first-order chi connectivity index (χ1) is 9.06. The fourth-order valence-corrected chi connectivity index (χ4v) is 2.74. The van der Waals surface area contributed by atoms with Gasteiger partial charge in [0.25, 0.3) is 0 Å². The van der Waals surface area contributed by atoms with Crippen LogP contribution in [0.1, 0.15) is 23.7 Å². The zero-order chi connectivity index (χ0) is 14.0. The first kappa shape index (κ1) is 14.0. The molecule has 0 saturated heterocycles. The number of aromatic nitrogens is 2. The van der Waals surface area contributed by atoms with E-state index in [2.05, 4.69) is 70.2 Å². The molecule has 0 aliphatic carbocycles. The van der Waals surface area contributed by atoms with Crippen LogP contribution in [0.5, 0.6) is 0 Å². The Kier molecular flexibility index (Phi) is 4.20. The van der Waals surface area contributed by atoms with Crippen molar-refractivity contribution in [1.29, 1.82) is 0 Å². The normalized spacial score (nSPS) is 10.6. The molecule has 2 aromatic rings. The van der Waals surface area contributed by atoms with Crippen molar-refractivity contribution in [3.8, 4) is 11.4 Å². The summed E-state index contributed by atoms with van der Waals surface area (Å²) in [5, 5.41) is 3.14. The van der Waals surface area contributed by atoms with Gasteiger partial charge in [0.15, 0.2) is 5.82 Å². The second-order valence-electron chi connectivity index (χ2n) is 4.55. The fraction of sp³-hybridized carbons (Fsp3) is 0.333. The van der Waals surface area contributed by atoms with Crippen LogP contribution < -0.4 is 5.32 Å². The third-order valence-electron chi connectivity index (χ3n) is 3.18. The lowest BCUT2D eigenvalue weighted by atomic mass is 10.1. The summed E-state index contributed by atoms with van der Waals surface area (Å²) in [6.07, 6.45) is 0.902. The molecule has 100 valence electrons. The zero-order valence-electron chi connectivity index (χ0n) is 11.7. The van der Waals surface area contributed by atoms with Crippen molar-refractivity contribution in [2.24, 2.45) is 0 Å². The van der Waals surface area contributed by atoms with Crippen LogP contribution in [0.25, 0.3) is 11.4 Å². The number of aryl methyl sites for hydroxylation is 2. The molecule has 0 saturated carbocycles. The molecule has 0 fully saturated rings. The molecule has 2 rings (SSSR count). The Bertz CT molecular complexity index is 583. The van der Waals surface area contributed by atoms with Gasteiger partial charge in [-0.3, -0.25) is 0 Å². The molecule has 0 aliphatic heterocycles. The Morgan fingerprint density at radius 2 is 1.95 bits per heavy atom. The SMILES string of the molecule is CCc1nc(-c2ccc(C)cc2Br)nc(NC)c1C. The first-order valence-corrected chi connectivity index (χ1v) is 7.18. The highest BCUT2D eigenvalue weighted by atomic mass is 79.9. The number of rotatable bonds is 3. The maximum absolute atomic E-state index is 4.68. The second-order valence-corrected chi connectivity index (χ2v) is 5.41. The van der Waals surface area contributed by atoms with Crippen molar-refractivity contribution in [2.75, 3.05) is 12.4 Å². The molecule has 1 aromatic heterocycles. The second kappa shape index (κ2) is 5.70. The molecular formula is C15H18BrN3. The van der Waals surface area contributed by atoms with Crippen molar-refractivity contribution < 1.29 is 0 Å². The van der Waals surface area contributed by atoms with Crippen LogP contribution in [0.4, 0.5) is 5.82 Å². The number of nitrogens with zero attached hydrogens (tertiary/aromatic N) is 2. The largest absolute Gasteiger partial charge is 0.373 e. The molecule has 1 aromatic carbocycles. The summed E-state index contributed by atoms with van der Waals surface area (Å²) in [6, 6.07) is 6.22. The molecular weight excluding hydrogens is 302 g/mol. The fourth-order valence-electron chi connectivity index (χ4n) is 2.07. The average molecular weight is 320 g/mol. The van der Waals surface area contributed by atoms with Crippen LogP contribution in [-0.2, 0) is 6.42 Å². The van der Waals surface area contributed by atoms with Gasteiger partial charge in [-0.15, -0.1) is 0 Å². The molecule has 0 bridgehead atoms. The minimum absolute atomic E-state index is 0.763. The first-order valence-electron chi connectivity index (χ1n) is 6.38. The summed E-state index contributed by atoms with van der Waals surface area (Å²) in [4.78, 5) is 9.29. The zero-order valence-corrected chi connectivity index (χ0v) is 13.3. The van der Waals surface area contributed by atoms with Crippen LogP contribution >= 0.6 is 15.9 Å². The van der Waals surface area contributed by atoms with E-state index in [1.54, 1.807) is 0 Å². The highest BCUT2D eigenvalue weighted by Gasteiger charge is 2.12. The Hall–Kier alpha value is -1.42. The van der Waals surface area contributed by atoms with E-state index in [1.807, 2.05) is 7.05 Å². The molecule has 0 spiro atoms. The number of anilines is 1. The molecule has 0 aliphatic rings. The van der Waals surface area contributed by atoms with Crippen LogP contribution in [0, 0.1) is 13.8 Å². The van der Waals surface area contributed by atoms with E-state index in [0.717, 1.165) is 39.4 Å². The van der Waals surface area contributed by atoms with E-state index >= 15 is 0 Å². The Morgan fingerprint density at radius 1 is 1.21 bits per heavy atom. The Balaban J connectivity index is 2.62. The van der Waals surface area contributed by atoms with Gasteiger partial charge >= 0.3 is 0 Å². The minimum atomic E-state index is 0.763. The smallest absolute Gasteiger partial charge is 0.162 e. The van der Waals surface area contributed by atoms with E-state index in [4.69, 9.17) is 0 Å². The maximum Gasteiger partial charge on any atom is 0.162 e. The van der Waals surface area contributed by atoms with Crippen molar-refractivity contribution in [3.63, 3.8) is 0 Å². The van der Waals surface area contributed by atoms with Gasteiger partial charge in [0, 0.05) is 28.3 Å². The maximum atomic E-state index is 4.68. The van der Waals surface area contributed by atoms with E-state index in [0.29, 0.717) is 0 Å². The number of hydrogen-bond donors (Lipinski definition) is 1. The third kappa shape index (κ3) is 2.78. The van der Waals surface area contributed by atoms with E-state index in [1.165, 1.54) is 5.56 Å². The topological polar surface area (TPSA) is 37.8 Å². The van der Waals surface area contributed by atoms with Crippen molar-refractivity contribution in [2.45, 2.75) is 27.2 Å². The summed E-state index contributed by atoms with van der Waals surface area (Å²) < 4.78 is 1.03. The van der Waals surface area contributed by atoms with Crippen LogP contribution in [0.3, 0.4) is 0 Å². The van der Waals surface area contributed by atoms with Gasteiger partial charge in [-0.05, 0) is 38.0 Å². The quantitative estimate of drug-likeness (QED) is 0.924. The van der Waals surface area contributed by atoms with Crippen molar-refractivity contribution >= 4 is 21.7 Å². The van der Waals surface area contributed by atoms with E-state index < -0.39 is 0 Å². The van der Waals surface area contributed by atoms with Gasteiger partial charge in [-0.2, -0.15) is 0 Å². The van der Waals surface area contributed by atoms with E-state index in [-0.39, 0.29) is 0 Å². The molecule has 0 amide bonds. The lowest BCUT2D eigenvalue weighted by Crippen LogP contribution is -2.05. The van der Waals surface area contributed by atoms with Gasteiger partial charge in [-0.25, -0.2) is 9.97 Å². The third-order valence-corrected chi connectivity index (χ3v) is 3.84. The lowest BCUT2D eigenvalue weighted by molar-refractivity contribution is 0.977. The van der Waals surface area contributed by atoms with E-state index in [9.17, 15) is 0 Å². The molecule has 19 heavy (non-hydrogen) atoms. The highest BCUT2D eigenvalue weighted by Crippen LogP contribution is 2.29. The number of benzene rings is 1. The summed E-state index contributed by atoms with van der Waals surface area (Å²) in [5.74, 6) is 1.66. The standard InChI is InChI=1S/C15H18BrN3/c1-5-13-10(3)14(17-4)19-15(18-13)11-7-6-9(2)8-12(11)16/h6-8H,5H2,1-4H3,(H,17,18,19). The van der Waals surface area contributed by atoms with Gasteiger partial charge in [0.05, 0.1) is 0 Å². The van der Waals surface area contributed by atoms with Gasteiger partial charge < -0.3 is 5.32 Å². The predicted octanol–water partition coefficient (Wildman–Crippen LogP) is 4.13. The van der Waals surface area contributed by atoms with Crippen LogP contribution in [-0.4, -0.2) is 17.0 Å². The molecule has 0 atom stereocenters. The summed E-state index contributed by atoms with van der Waals surface area (Å²) in [7, 11) is 1.89. The van der Waals surface area contributed by atoms with Gasteiger partial charge in [-0.1, -0.05) is 28.9 Å². The van der Waals surface area contributed by atoms with Crippen LogP contribution in [0.15, 0.2) is 22.7 Å². The molecule has 1 N–H and O–H groups in total. The Morgan fingerprint density at radius 3 is 2.53 bits per heavy atom. The molecule has 0 unspecified atom stereocenters. The molecule has 0 radical (unpaired) electrons. The molecule has 4 heteroatoms. The predicted molar refractivity (Wildman–Crippen MR) is 83.6 cm³/mol. The molecule has 3 nitrogen and oxygen atoms in total. The van der Waals surface area contributed by atoms with Crippen molar-refractivity contribution in [1.82, 2.24) is 9.97 Å².